The molecular formula is C18H22ClNO3. The number of alkyl halides is 1. The van der Waals surface area contributed by atoms with Crippen molar-refractivity contribution in [3.63, 3.8) is 0 Å². The van der Waals surface area contributed by atoms with E-state index in [4.69, 9.17) is 16.3 Å². The second-order valence-corrected chi connectivity index (χ2v) is 6.71. The van der Waals surface area contributed by atoms with Crippen LogP contribution in [0.15, 0.2) is 18.2 Å². The smallest absolute Gasteiger partial charge is 0.256 e. The molecule has 0 bridgehead atoms. The lowest BCUT2D eigenvalue weighted by Crippen LogP contribution is -2.42. The van der Waals surface area contributed by atoms with Crippen molar-refractivity contribution in [2.24, 2.45) is 0 Å². The molecule has 0 spiro atoms. The van der Waals surface area contributed by atoms with Crippen molar-refractivity contribution in [3.05, 3.63) is 29.3 Å². The third-order valence-corrected chi connectivity index (χ3v) is 5.10. The maximum atomic E-state index is 12.6. The summed E-state index contributed by atoms with van der Waals surface area (Å²) in [7, 11) is 0. The number of anilines is 1. The Morgan fingerprint density at radius 3 is 2.91 bits per heavy atom. The van der Waals surface area contributed by atoms with Crippen LogP contribution in [0.2, 0.25) is 0 Å². The van der Waals surface area contributed by atoms with Crippen molar-refractivity contribution in [1.82, 2.24) is 0 Å². The highest BCUT2D eigenvalue weighted by atomic mass is 35.5. The van der Waals surface area contributed by atoms with Gasteiger partial charge in [-0.3, -0.25) is 9.59 Å². The number of carbonyl (C=O) groups excluding carboxylic acids is 2. The molecule has 0 saturated carbocycles. The Labute approximate surface area is 141 Å². The van der Waals surface area contributed by atoms with E-state index in [1.165, 1.54) is 0 Å². The summed E-state index contributed by atoms with van der Waals surface area (Å²) in [5.41, 5.74) is 2.60. The highest BCUT2D eigenvalue weighted by molar-refractivity contribution is 6.33. The van der Waals surface area contributed by atoms with Crippen LogP contribution in [0.1, 0.15) is 48.5 Å². The summed E-state index contributed by atoms with van der Waals surface area (Å²) in [4.78, 5) is 26.7. The monoisotopic (exact) mass is 335 g/mol. The zero-order chi connectivity index (χ0) is 16.4. The van der Waals surface area contributed by atoms with E-state index in [0.717, 1.165) is 36.9 Å². The van der Waals surface area contributed by atoms with Gasteiger partial charge in [-0.15, -0.1) is 11.6 Å². The summed E-state index contributed by atoms with van der Waals surface area (Å²) in [6, 6.07) is 5.57. The average Bonchev–Trinajstić information content (AvgIpc) is 3.13. The number of carbonyl (C=O) groups is 2. The lowest BCUT2D eigenvalue weighted by molar-refractivity contribution is -0.127. The Bertz CT molecular complexity index is 610. The molecular weight excluding hydrogens is 314 g/mol. The van der Waals surface area contributed by atoms with Gasteiger partial charge in [-0.2, -0.15) is 0 Å². The minimum Gasteiger partial charge on any atom is -0.368 e. The number of hydrogen-bond donors (Lipinski definition) is 0. The van der Waals surface area contributed by atoms with Crippen molar-refractivity contribution in [2.75, 3.05) is 18.1 Å². The first kappa shape index (κ1) is 16.5. The number of rotatable bonds is 4. The van der Waals surface area contributed by atoms with Gasteiger partial charge in [-0.25, -0.2) is 0 Å². The average molecular weight is 336 g/mol. The van der Waals surface area contributed by atoms with Gasteiger partial charge in [-0.05, 0) is 55.9 Å². The van der Waals surface area contributed by atoms with E-state index in [1.807, 2.05) is 24.0 Å². The molecule has 0 N–H and O–H groups in total. The van der Waals surface area contributed by atoms with E-state index in [2.05, 4.69) is 0 Å². The van der Waals surface area contributed by atoms with Crippen molar-refractivity contribution in [2.45, 2.75) is 50.5 Å². The highest BCUT2D eigenvalue weighted by Crippen LogP contribution is 2.30. The van der Waals surface area contributed by atoms with Crippen LogP contribution in [0.5, 0.6) is 0 Å². The molecule has 2 heterocycles. The maximum Gasteiger partial charge on any atom is 0.256 e. The number of aryl methyl sites for hydroxylation is 1. The third-order valence-electron chi connectivity index (χ3n) is 4.60. The molecule has 0 radical (unpaired) electrons. The Hall–Kier alpha value is -1.39. The van der Waals surface area contributed by atoms with Crippen LogP contribution in [-0.2, 0) is 16.0 Å². The molecule has 23 heavy (non-hydrogen) atoms. The zero-order valence-electron chi connectivity index (χ0n) is 13.4. The number of nitrogens with zero attached hydrogens (tertiary/aromatic N) is 1. The Morgan fingerprint density at radius 1 is 1.39 bits per heavy atom. The maximum absolute atomic E-state index is 12.6. The number of halogens is 1. The second-order valence-electron chi connectivity index (χ2n) is 6.18. The van der Waals surface area contributed by atoms with Crippen LogP contribution in [0.4, 0.5) is 5.69 Å². The summed E-state index contributed by atoms with van der Waals surface area (Å²) in [5, 5.41) is -0.485. The van der Waals surface area contributed by atoms with Gasteiger partial charge in [0.15, 0.2) is 5.78 Å². The van der Waals surface area contributed by atoms with Gasteiger partial charge in [0.05, 0.1) is 5.38 Å². The summed E-state index contributed by atoms with van der Waals surface area (Å²) >= 11 is 6.07. The third kappa shape index (κ3) is 3.29. The fourth-order valence-corrected chi connectivity index (χ4v) is 3.42. The SMILES string of the molecule is CCC(Cl)C(=O)c1ccc2c(c1)CCCN2C(=O)C1CCCO1. The van der Waals surface area contributed by atoms with E-state index < -0.39 is 5.38 Å². The fourth-order valence-electron chi connectivity index (χ4n) is 3.29. The normalized spacial score (nSPS) is 21.8. The molecule has 1 saturated heterocycles. The lowest BCUT2D eigenvalue weighted by Gasteiger charge is -2.31. The second kappa shape index (κ2) is 7.02. The van der Waals surface area contributed by atoms with Crippen molar-refractivity contribution in [1.29, 1.82) is 0 Å². The Kier molecular flexibility index (Phi) is 5.02. The summed E-state index contributed by atoms with van der Waals surface area (Å²) in [6.07, 6.45) is 3.83. The molecule has 2 aliphatic heterocycles. The minimum absolute atomic E-state index is 0.0421. The predicted octanol–water partition coefficient (Wildman–Crippen LogP) is 3.34. The molecule has 1 amide bonds. The van der Waals surface area contributed by atoms with E-state index in [1.54, 1.807) is 6.07 Å². The highest BCUT2D eigenvalue weighted by Gasteiger charge is 2.31. The van der Waals surface area contributed by atoms with Gasteiger partial charge < -0.3 is 9.64 Å². The number of ketones is 1. The number of hydrogen-bond acceptors (Lipinski definition) is 3. The van der Waals surface area contributed by atoms with Crippen molar-refractivity contribution in [3.8, 4) is 0 Å². The topological polar surface area (TPSA) is 46.6 Å². The molecule has 1 fully saturated rings. The molecule has 5 heteroatoms. The number of fused-ring (bicyclic) bond motifs is 1. The van der Waals surface area contributed by atoms with Gasteiger partial charge >= 0.3 is 0 Å². The van der Waals surface area contributed by atoms with Gasteiger partial charge in [0.1, 0.15) is 6.10 Å². The fraction of sp³-hybridized carbons (Fsp3) is 0.556. The van der Waals surface area contributed by atoms with E-state index in [9.17, 15) is 9.59 Å². The molecule has 0 aromatic heterocycles. The number of ether oxygens (including phenoxy) is 1. The van der Waals surface area contributed by atoms with Gasteiger partial charge in [0.2, 0.25) is 0 Å². The Balaban J connectivity index is 1.85. The van der Waals surface area contributed by atoms with E-state index >= 15 is 0 Å². The number of amides is 1. The van der Waals surface area contributed by atoms with Crippen LogP contribution in [-0.4, -0.2) is 36.3 Å². The minimum atomic E-state index is -0.485. The molecule has 1 aromatic rings. The molecule has 4 nitrogen and oxygen atoms in total. The number of Topliss-reactive ketones (excluding diaryl/α,β-unsaturated/α-hetero) is 1. The van der Waals surface area contributed by atoms with Crippen LogP contribution >= 0.6 is 11.6 Å². The molecule has 2 aliphatic rings. The lowest BCUT2D eigenvalue weighted by atomic mass is 9.96. The molecule has 0 aliphatic carbocycles. The van der Waals surface area contributed by atoms with Gasteiger partial charge in [-0.1, -0.05) is 6.92 Å². The first-order valence-corrected chi connectivity index (χ1v) is 8.79. The van der Waals surface area contributed by atoms with Gasteiger partial charge in [0.25, 0.3) is 5.91 Å². The van der Waals surface area contributed by atoms with Crippen LogP contribution in [0.3, 0.4) is 0 Å². The van der Waals surface area contributed by atoms with Crippen LogP contribution in [0.25, 0.3) is 0 Å². The summed E-state index contributed by atoms with van der Waals surface area (Å²) in [5.74, 6) is 0.00541. The number of benzene rings is 1. The Morgan fingerprint density at radius 2 is 2.22 bits per heavy atom. The van der Waals surface area contributed by atoms with E-state index in [-0.39, 0.29) is 17.8 Å². The molecule has 1 aromatic carbocycles. The quantitative estimate of drug-likeness (QED) is 0.626. The summed E-state index contributed by atoms with van der Waals surface area (Å²) in [6.45, 7) is 3.28. The molecule has 124 valence electrons. The van der Waals surface area contributed by atoms with Crippen molar-refractivity contribution >= 4 is 29.0 Å². The molecule has 2 unspecified atom stereocenters. The molecule has 3 rings (SSSR count). The van der Waals surface area contributed by atoms with Crippen LogP contribution < -0.4 is 4.90 Å². The van der Waals surface area contributed by atoms with E-state index in [0.29, 0.717) is 25.1 Å². The van der Waals surface area contributed by atoms with Gasteiger partial charge in [0, 0.05) is 24.4 Å². The summed E-state index contributed by atoms with van der Waals surface area (Å²) < 4.78 is 5.53. The first-order valence-electron chi connectivity index (χ1n) is 8.36. The first-order chi connectivity index (χ1) is 11.1. The largest absolute Gasteiger partial charge is 0.368 e. The zero-order valence-corrected chi connectivity index (χ0v) is 14.1. The standard InChI is InChI=1S/C18H22ClNO3/c1-2-14(19)17(21)13-7-8-15-12(11-13)5-3-9-20(15)18(22)16-6-4-10-23-16/h7-8,11,14,16H,2-6,9-10H2,1H3. The predicted molar refractivity (Wildman–Crippen MR) is 90.4 cm³/mol. The van der Waals surface area contributed by atoms with Crippen LogP contribution in [0, 0.1) is 0 Å². The molecule has 2 atom stereocenters. The van der Waals surface area contributed by atoms with Crippen molar-refractivity contribution < 1.29 is 14.3 Å².